The first-order chi connectivity index (χ1) is 19.1. The molecule has 40 heavy (non-hydrogen) atoms. The Morgan fingerprint density at radius 1 is 1.10 bits per heavy atom. The number of aliphatic carboxylic acids is 1. The predicted octanol–water partition coefficient (Wildman–Crippen LogP) is 1.89. The van der Waals surface area contributed by atoms with Crippen molar-refractivity contribution in [2.24, 2.45) is 5.92 Å². The second-order valence-corrected chi connectivity index (χ2v) is 13.4. The summed E-state index contributed by atoms with van der Waals surface area (Å²) in [4.78, 5) is 32.4. The Bertz CT molecular complexity index is 1150. The summed E-state index contributed by atoms with van der Waals surface area (Å²) in [6, 6.07) is 5.02. The molecule has 3 atom stereocenters. The van der Waals surface area contributed by atoms with Crippen molar-refractivity contribution in [2.75, 3.05) is 72.5 Å². The van der Waals surface area contributed by atoms with Gasteiger partial charge in [-0.15, -0.1) is 0 Å². The van der Waals surface area contributed by atoms with Crippen LogP contribution in [0.15, 0.2) is 18.2 Å². The molecule has 0 bridgehead atoms. The van der Waals surface area contributed by atoms with Crippen molar-refractivity contribution < 1.29 is 32.6 Å². The van der Waals surface area contributed by atoms with Crippen molar-refractivity contribution >= 4 is 21.9 Å². The summed E-state index contributed by atoms with van der Waals surface area (Å²) in [5.41, 5.74) is 0.819. The number of rotatable bonds is 14. The van der Waals surface area contributed by atoms with Crippen molar-refractivity contribution in [1.29, 1.82) is 0 Å². The molecular weight excluding hydrogens is 536 g/mol. The van der Waals surface area contributed by atoms with Crippen LogP contribution in [0.1, 0.15) is 50.5 Å². The van der Waals surface area contributed by atoms with E-state index in [1.165, 1.54) is 4.31 Å². The number of carboxylic acids is 1. The number of hydrogen-bond acceptors (Lipinski definition) is 8. The molecule has 0 radical (unpaired) electrons. The maximum Gasteiger partial charge on any atom is 0.308 e. The van der Waals surface area contributed by atoms with Gasteiger partial charge in [0.15, 0.2) is 11.5 Å². The van der Waals surface area contributed by atoms with E-state index in [9.17, 15) is 23.1 Å². The van der Waals surface area contributed by atoms with Crippen LogP contribution in [-0.4, -0.2) is 123 Å². The van der Waals surface area contributed by atoms with Crippen molar-refractivity contribution in [3.8, 4) is 11.5 Å². The van der Waals surface area contributed by atoms with Gasteiger partial charge in [-0.05, 0) is 64.0 Å². The molecule has 224 valence electrons. The molecule has 1 N–H and O–H groups in total. The van der Waals surface area contributed by atoms with Crippen LogP contribution >= 0.6 is 0 Å². The fraction of sp³-hybridized carbons (Fsp3) is 0.714. The number of hydrogen-bond donors (Lipinski definition) is 1. The average Bonchev–Trinajstić information content (AvgIpc) is 3.60. The summed E-state index contributed by atoms with van der Waals surface area (Å²) in [7, 11) is 0.707. The number of unbranched alkanes of at least 4 members (excludes halogenated alkanes) is 1. The second-order valence-electron chi connectivity index (χ2n) is 11.3. The number of carbonyl (C=O) groups excluding carboxylic acids is 1. The Balaban J connectivity index is 1.57. The van der Waals surface area contributed by atoms with E-state index in [1.807, 2.05) is 36.0 Å². The normalized spacial score (nSPS) is 24.1. The molecule has 3 aliphatic rings. The van der Waals surface area contributed by atoms with E-state index in [0.717, 1.165) is 31.4 Å². The highest BCUT2D eigenvalue weighted by Crippen LogP contribution is 2.43. The molecule has 12 heteroatoms. The van der Waals surface area contributed by atoms with Gasteiger partial charge in [0.25, 0.3) is 0 Å². The number of benzene rings is 1. The van der Waals surface area contributed by atoms with E-state index in [4.69, 9.17) is 9.47 Å². The predicted molar refractivity (Wildman–Crippen MR) is 151 cm³/mol. The number of fused-ring (bicyclic) bond motifs is 1. The quantitative estimate of drug-likeness (QED) is 0.352. The SMILES string of the molecule is CCCCN(CCCN(C)C)C(=O)CN1C[C@H](c2ccc3c(c2)OCO3)[C@@H](C(=O)O)[C@@H]1CCN1CCCS1(=O)=O. The van der Waals surface area contributed by atoms with E-state index in [1.54, 1.807) is 6.07 Å². The number of sulfonamides is 1. The third-order valence-corrected chi connectivity index (χ3v) is 10.2. The first-order valence-electron chi connectivity index (χ1n) is 14.4. The molecule has 4 rings (SSSR count). The lowest BCUT2D eigenvalue weighted by Crippen LogP contribution is -2.46. The standard InChI is InChI=1S/C28H44N4O7S/c1-4-5-12-30(13-6-11-29(2)3)26(33)19-31-18-22(21-8-9-24-25(17-21)39-20-38-24)27(28(34)35)23(31)10-15-32-14-7-16-40(32,36)37/h8-9,17,22-23,27H,4-7,10-16,18-20H2,1-3H3,(H,34,35)/t22-,23+,27-/m1/s1. The highest BCUT2D eigenvalue weighted by Gasteiger charge is 2.48. The molecule has 1 amide bonds. The number of carbonyl (C=O) groups is 2. The molecule has 0 unspecified atom stereocenters. The van der Waals surface area contributed by atoms with Crippen LogP contribution in [0.3, 0.4) is 0 Å². The molecule has 11 nitrogen and oxygen atoms in total. The topological polar surface area (TPSA) is 120 Å². The van der Waals surface area contributed by atoms with E-state index in [2.05, 4.69) is 11.8 Å². The molecule has 3 heterocycles. The molecule has 1 aromatic rings. The molecule has 0 aliphatic carbocycles. The maximum absolute atomic E-state index is 13.6. The molecule has 0 aromatic heterocycles. The molecule has 3 aliphatic heterocycles. The van der Waals surface area contributed by atoms with Gasteiger partial charge >= 0.3 is 5.97 Å². The van der Waals surface area contributed by atoms with Gasteiger partial charge in [0.2, 0.25) is 22.7 Å². The van der Waals surface area contributed by atoms with Crippen LogP contribution in [0.25, 0.3) is 0 Å². The summed E-state index contributed by atoms with van der Waals surface area (Å²) in [6.07, 6.45) is 3.66. The summed E-state index contributed by atoms with van der Waals surface area (Å²) in [5.74, 6) is -0.791. The average molecular weight is 581 g/mol. The molecular formula is C28H44N4O7S. The molecule has 0 saturated carbocycles. The van der Waals surface area contributed by atoms with Gasteiger partial charge in [-0.25, -0.2) is 12.7 Å². The van der Waals surface area contributed by atoms with Gasteiger partial charge in [0.1, 0.15) is 0 Å². The lowest BCUT2D eigenvalue weighted by molar-refractivity contribution is -0.143. The smallest absolute Gasteiger partial charge is 0.308 e. The van der Waals surface area contributed by atoms with Crippen LogP contribution < -0.4 is 9.47 Å². The monoisotopic (exact) mass is 580 g/mol. The van der Waals surface area contributed by atoms with Crippen LogP contribution in [0, 0.1) is 5.92 Å². The Kier molecular flexibility index (Phi) is 10.3. The zero-order chi connectivity index (χ0) is 28.9. The van der Waals surface area contributed by atoms with Gasteiger partial charge in [-0.1, -0.05) is 19.4 Å². The first-order valence-corrected chi connectivity index (χ1v) is 16.0. The largest absolute Gasteiger partial charge is 0.481 e. The van der Waals surface area contributed by atoms with Gasteiger partial charge in [0, 0.05) is 44.7 Å². The molecule has 2 saturated heterocycles. The summed E-state index contributed by atoms with van der Waals surface area (Å²) in [5, 5.41) is 10.4. The minimum Gasteiger partial charge on any atom is -0.481 e. The number of ether oxygens (including phenoxy) is 2. The van der Waals surface area contributed by atoms with Crippen LogP contribution in [0.4, 0.5) is 0 Å². The highest BCUT2D eigenvalue weighted by atomic mass is 32.2. The van der Waals surface area contributed by atoms with Crippen molar-refractivity contribution in [3.05, 3.63) is 23.8 Å². The Morgan fingerprint density at radius 2 is 1.85 bits per heavy atom. The summed E-state index contributed by atoms with van der Waals surface area (Å²) < 4.78 is 37.4. The fourth-order valence-corrected chi connectivity index (χ4v) is 7.66. The number of nitrogens with zero attached hydrogens (tertiary/aromatic N) is 4. The molecule has 1 aromatic carbocycles. The van der Waals surface area contributed by atoms with E-state index >= 15 is 0 Å². The first kappa shape index (κ1) is 30.5. The van der Waals surface area contributed by atoms with Crippen molar-refractivity contribution in [2.45, 2.75) is 51.0 Å². The summed E-state index contributed by atoms with van der Waals surface area (Å²) in [6.45, 7) is 5.61. The third-order valence-electron chi connectivity index (χ3n) is 8.24. The second kappa shape index (κ2) is 13.5. The summed E-state index contributed by atoms with van der Waals surface area (Å²) >= 11 is 0. The fourth-order valence-electron chi connectivity index (χ4n) is 6.11. The minimum absolute atomic E-state index is 0.0125. The van der Waals surface area contributed by atoms with Gasteiger partial charge in [-0.2, -0.15) is 0 Å². The van der Waals surface area contributed by atoms with Crippen LogP contribution in [-0.2, 0) is 19.6 Å². The number of likely N-dealkylation sites (tertiary alicyclic amines) is 1. The van der Waals surface area contributed by atoms with E-state index in [-0.39, 0.29) is 37.5 Å². The van der Waals surface area contributed by atoms with Crippen molar-refractivity contribution in [3.63, 3.8) is 0 Å². The highest BCUT2D eigenvalue weighted by molar-refractivity contribution is 7.89. The molecule has 2 fully saturated rings. The zero-order valence-electron chi connectivity index (χ0n) is 24.0. The van der Waals surface area contributed by atoms with Gasteiger partial charge < -0.3 is 24.4 Å². The maximum atomic E-state index is 13.6. The lowest BCUT2D eigenvalue weighted by atomic mass is 9.84. The Hall–Kier alpha value is -2.41. The Labute approximate surface area is 238 Å². The van der Waals surface area contributed by atoms with E-state index < -0.39 is 28.0 Å². The lowest BCUT2D eigenvalue weighted by Gasteiger charge is -2.30. The minimum atomic E-state index is -3.31. The van der Waals surface area contributed by atoms with Crippen molar-refractivity contribution in [1.82, 2.24) is 19.0 Å². The third kappa shape index (κ3) is 7.26. The zero-order valence-corrected chi connectivity index (χ0v) is 24.8. The molecule has 0 spiro atoms. The van der Waals surface area contributed by atoms with E-state index in [0.29, 0.717) is 50.5 Å². The Morgan fingerprint density at radius 3 is 2.52 bits per heavy atom. The number of amides is 1. The number of carboxylic acid groups (broad SMARTS) is 1. The van der Waals surface area contributed by atoms with Gasteiger partial charge in [0.05, 0.1) is 18.2 Å². The van der Waals surface area contributed by atoms with Crippen LogP contribution in [0.5, 0.6) is 11.5 Å². The van der Waals surface area contributed by atoms with Crippen LogP contribution in [0.2, 0.25) is 0 Å². The van der Waals surface area contributed by atoms with Gasteiger partial charge in [-0.3, -0.25) is 14.5 Å².